The Kier molecular flexibility index (Phi) is 5.39. The third-order valence-corrected chi connectivity index (χ3v) is 7.75. The molecule has 0 spiro atoms. The molecule has 5 aromatic rings. The van der Waals surface area contributed by atoms with Gasteiger partial charge in [0, 0.05) is 0 Å². The van der Waals surface area contributed by atoms with Crippen LogP contribution in [-0.4, -0.2) is 40.1 Å². The second-order valence-electron chi connectivity index (χ2n) is 9.88. The highest BCUT2D eigenvalue weighted by Gasteiger charge is 2.41. The van der Waals surface area contributed by atoms with Crippen LogP contribution in [0.5, 0.6) is 11.5 Å². The number of aromatic nitrogens is 6. The van der Waals surface area contributed by atoms with Gasteiger partial charge in [0.05, 0.1) is 37.6 Å². The van der Waals surface area contributed by atoms with Crippen molar-refractivity contribution in [3.8, 4) is 22.9 Å². The quantitative estimate of drug-likeness (QED) is 0.336. The zero-order valence-electron chi connectivity index (χ0n) is 21.8. The Morgan fingerprint density at radius 1 is 0.732 bits per heavy atom. The van der Waals surface area contributed by atoms with Gasteiger partial charge in [-0.2, -0.15) is 0 Å². The van der Waals surface area contributed by atoms with E-state index in [2.05, 4.69) is 0 Å². The average Bonchev–Trinajstić information content (AvgIpc) is 3.41. The number of fused-ring (bicyclic) bond motifs is 4. The van der Waals surface area contributed by atoms with E-state index in [1.54, 1.807) is 72.8 Å². The maximum absolute atomic E-state index is 13.9. The summed E-state index contributed by atoms with van der Waals surface area (Å²) in [6.07, 6.45) is 1.82. The highest BCUT2D eigenvalue weighted by molar-refractivity contribution is 5.46. The molecule has 0 radical (unpaired) electrons. The molecular formula is C29H24N6O6. The first kappa shape index (κ1) is 24.5. The number of hydrogen-bond acceptors (Lipinski definition) is 6. The molecule has 0 bridgehead atoms. The van der Waals surface area contributed by atoms with E-state index >= 15 is 0 Å². The largest absolute Gasteiger partial charge is 0.504 e. The maximum atomic E-state index is 13.9. The number of para-hydroxylation sites is 2. The van der Waals surface area contributed by atoms with Crippen molar-refractivity contribution in [2.45, 2.75) is 25.2 Å². The van der Waals surface area contributed by atoms with Gasteiger partial charge >= 0.3 is 22.8 Å². The van der Waals surface area contributed by atoms with E-state index in [4.69, 9.17) is 4.74 Å². The smallest absolute Gasteiger partial charge is 0.352 e. The van der Waals surface area contributed by atoms with Crippen molar-refractivity contribution in [2.75, 3.05) is 7.11 Å². The molecule has 0 amide bonds. The van der Waals surface area contributed by atoms with Gasteiger partial charge in [-0.3, -0.25) is 0 Å². The van der Waals surface area contributed by atoms with Gasteiger partial charge in [-0.05, 0) is 47.5 Å². The Hall–Kier alpha value is -5.52. The van der Waals surface area contributed by atoms with E-state index in [1.807, 2.05) is 6.08 Å². The van der Waals surface area contributed by atoms with Gasteiger partial charge in [-0.25, -0.2) is 47.0 Å². The number of ether oxygens (including phenoxy) is 1. The zero-order valence-corrected chi connectivity index (χ0v) is 21.8. The van der Waals surface area contributed by atoms with Crippen LogP contribution in [0.1, 0.15) is 17.6 Å². The van der Waals surface area contributed by atoms with Crippen molar-refractivity contribution in [2.24, 2.45) is 0 Å². The lowest BCUT2D eigenvalue weighted by Crippen LogP contribution is -2.46. The van der Waals surface area contributed by atoms with Crippen molar-refractivity contribution in [1.82, 2.24) is 27.9 Å². The fraction of sp³-hybridized carbons (Fsp3) is 0.172. The Morgan fingerprint density at radius 3 is 1.93 bits per heavy atom. The van der Waals surface area contributed by atoms with E-state index < -0.39 is 34.8 Å². The van der Waals surface area contributed by atoms with Crippen LogP contribution in [0.3, 0.4) is 0 Å². The predicted molar refractivity (Wildman–Crippen MR) is 148 cm³/mol. The molecule has 0 aliphatic carbocycles. The lowest BCUT2D eigenvalue weighted by atomic mass is 9.90. The third-order valence-electron chi connectivity index (χ3n) is 7.75. The zero-order chi connectivity index (χ0) is 28.4. The lowest BCUT2D eigenvalue weighted by molar-refractivity contribution is 0.245. The molecule has 3 aromatic carbocycles. The number of methoxy groups -OCH3 is 1. The number of allylic oxidation sites excluding steroid dienone is 2. The molecule has 206 valence electrons. The van der Waals surface area contributed by atoms with E-state index in [9.17, 15) is 24.3 Å². The van der Waals surface area contributed by atoms with E-state index in [1.165, 1.54) is 31.9 Å². The fourth-order valence-electron chi connectivity index (χ4n) is 5.92. The van der Waals surface area contributed by atoms with Gasteiger partial charge in [-0.15, -0.1) is 0 Å². The first-order chi connectivity index (χ1) is 19.9. The van der Waals surface area contributed by atoms with E-state index in [0.717, 1.165) is 9.13 Å². The minimum Gasteiger partial charge on any atom is -0.504 e. The monoisotopic (exact) mass is 552 g/mol. The second-order valence-corrected chi connectivity index (χ2v) is 9.88. The molecule has 2 aliphatic rings. The number of benzene rings is 3. The molecule has 4 heterocycles. The van der Waals surface area contributed by atoms with Crippen LogP contribution in [0, 0.1) is 0 Å². The fourth-order valence-corrected chi connectivity index (χ4v) is 5.92. The molecule has 0 saturated carbocycles. The highest BCUT2D eigenvalue weighted by atomic mass is 16.5. The first-order valence-corrected chi connectivity index (χ1v) is 13.0. The summed E-state index contributed by atoms with van der Waals surface area (Å²) in [6.45, 7) is 0.0352. The predicted octanol–water partition coefficient (Wildman–Crippen LogP) is 1.41. The summed E-state index contributed by atoms with van der Waals surface area (Å²) < 4.78 is 12.9. The Balaban J connectivity index is 1.50. The molecule has 41 heavy (non-hydrogen) atoms. The number of phenolic OH excluding ortho intramolecular Hbond substituents is 1. The number of aromatic hydroxyl groups is 1. The van der Waals surface area contributed by atoms with Crippen molar-refractivity contribution in [3.63, 3.8) is 0 Å². The summed E-state index contributed by atoms with van der Waals surface area (Å²) in [4.78, 5) is 55.0. The van der Waals surface area contributed by atoms with Crippen LogP contribution in [0.25, 0.3) is 11.4 Å². The Bertz CT molecular complexity index is 2090. The molecule has 2 aliphatic heterocycles. The summed E-state index contributed by atoms with van der Waals surface area (Å²) in [5.41, 5.74) is -0.138. The summed E-state index contributed by atoms with van der Waals surface area (Å²) in [5, 5.41) is 10.3. The molecule has 0 saturated heterocycles. The number of hydrogen-bond donors (Lipinski definition) is 1. The van der Waals surface area contributed by atoms with E-state index in [0.29, 0.717) is 22.5 Å². The van der Waals surface area contributed by atoms with Crippen molar-refractivity contribution < 1.29 is 9.84 Å². The van der Waals surface area contributed by atoms with Gasteiger partial charge in [-0.1, -0.05) is 48.5 Å². The molecule has 7 rings (SSSR count). The average molecular weight is 553 g/mol. The molecule has 1 N–H and O–H groups in total. The number of phenols is 1. The van der Waals surface area contributed by atoms with Crippen LogP contribution < -0.4 is 27.5 Å². The van der Waals surface area contributed by atoms with Crippen molar-refractivity contribution >= 4 is 0 Å². The van der Waals surface area contributed by atoms with Gasteiger partial charge in [0.1, 0.15) is 6.04 Å². The van der Waals surface area contributed by atoms with Crippen molar-refractivity contribution in [3.05, 3.63) is 138 Å². The SMILES string of the molecule is COc1cc(C2C3=CCn4c(=O)n(-c5ccccc5)c(=O)n4C3Cn3c(=O)n(-c4ccccc4)c(=O)n32)ccc1O. The molecule has 2 atom stereocenters. The minimum absolute atomic E-state index is 0.0520. The summed E-state index contributed by atoms with van der Waals surface area (Å²) in [6, 6.07) is 20.4. The first-order valence-electron chi connectivity index (χ1n) is 13.0. The standard InChI is InChI=1S/C29H24N6O6/c1-41-24-16-18(12-13-23(24)36)25-21-14-15-30-26(37)32(19-8-4-2-5-9-19)28(39)34(30)22(21)17-31-27(38)33(29(40)35(25)31)20-10-6-3-7-11-20/h2-14,16,22,25,36H,15,17H2,1H3. The van der Waals surface area contributed by atoms with Crippen LogP contribution in [0.2, 0.25) is 0 Å². The highest BCUT2D eigenvalue weighted by Crippen LogP contribution is 2.40. The normalized spacial score (nSPS) is 17.3. The van der Waals surface area contributed by atoms with E-state index in [-0.39, 0.29) is 24.6 Å². The van der Waals surface area contributed by atoms with Crippen LogP contribution in [0.15, 0.2) is 110 Å². The van der Waals surface area contributed by atoms with Gasteiger partial charge in [0.15, 0.2) is 11.5 Å². The van der Waals surface area contributed by atoms with Crippen molar-refractivity contribution in [1.29, 1.82) is 0 Å². The molecule has 12 heteroatoms. The molecule has 2 unspecified atom stereocenters. The summed E-state index contributed by atoms with van der Waals surface area (Å²) >= 11 is 0. The van der Waals surface area contributed by atoms with Crippen LogP contribution in [0.4, 0.5) is 0 Å². The third kappa shape index (κ3) is 3.46. The van der Waals surface area contributed by atoms with Gasteiger partial charge in [0.2, 0.25) is 0 Å². The lowest BCUT2D eigenvalue weighted by Gasteiger charge is -2.37. The Morgan fingerprint density at radius 2 is 1.32 bits per heavy atom. The van der Waals surface area contributed by atoms with Crippen LogP contribution >= 0.6 is 0 Å². The van der Waals surface area contributed by atoms with Crippen LogP contribution in [-0.2, 0) is 13.1 Å². The summed E-state index contributed by atoms with van der Waals surface area (Å²) in [7, 11) is 1.42. The molecule has 2 aromatic heterocycles. The van der Waals surface area contributed by atoms with Gasteiger partial charge < -0.3 is 9.84 Å². The second kappa shape index (κ2) is 9.01. The molecule has 0 fully saturated rings. The number of nitrogens with zero attached hydrogens (tertiary/aromatic N) is 6. The van der Waals surface area contributed by atoms with Gasteiger partial charge in [0.25, 0.3) is 0 Å². The molecular weight excluding hydrogens is 528 g/mol. The summed E-state index contributed by atoms with van der Waals surface area (Å²) in [5.74, 6) is 0.104. The Labute approximate surface area is 231 Å². The minimum atomic E-state index is -0.829. The topological polar surface area (TPSA) is 127 Å². The molecule has 12 nitrogen and oxygen atoms in total. The maximum Gasteiger partial charge on any atom is 0.352 e. The number of rotatable bonds is 4.